The largest absolute Gasteiger partial charge is 0.347 e. The molecule has 0 bridgehead atoms. The molecular weight excluding hydrogens is 320 g/mol. The van der Waals surface area contributed by atoms with Crippen molar-refractivity contribution < 1.29 is 19.1 Å². The molecule has 134 valence electrons. The Morgan fingerprint density at radius 2 is 2.08 bits per heavy atom. The average Bonchev–Trinajstić information content (AvgIpc) is 2.99. The van der Waals surface area contributed by atoms with Crippen LogP contribution in [-0.4, -0.2) is 42.4 Å². The van der Waals surface area contributed by atoms with Gasteiger partial charge in [-0.3, -0.25) is 14.5 Å². The zero-order chi connectivity index (χ0) is 17.4. The predicted octanol–water partition coefficient (Wildman–Crippen LogP) is 1.75. The van der Waals surface area contributed by atoms with Gasteiger partial charge in [0.2, 0.25) is 18.2 Å². The number of hydrogen-bond acceptors (Lipinski definition) is 4. The molecule has 1 N–H and O–H groups in total. The van der Waals surface area contributed by atoms with Gasteiger partial charge in [0.25, 0.3) is 0 Å². The zero-order valence-corrected chi connectivity index (χ0v) is 14.4. The Morgan fingerprint density at radius 1 is 1.24 bits per heavy atom. The number of ether oxygens (including phenoxy) is 2. The number of nitrogens with one attached hydrogen (secondary N) is 1. The molecule has 1 aromatic rings. The van der Waals surface area contributed by atoms with Crippen LogP contribution < -0.4 is 5.32 Å². The van der Waals surface area contributed by atoms with Crippen LogP contribution in [0.25, 0.3) is 0 Å². The summed E-state index contributed by atoms with van der Waals surface area (Å²) in [6.45, 7) is 2.53. The summed E-state index contributed by atoms with van der Waals surface area (Å²) in [6, 6.07) is 7.62. The predicted molar refractivity (Wildman–Crippen MR) is 90.4 cm³/mol. The van der Waals surface area contributed by atoms with Gasteiger partial charge in [0.1, 0.15) is 6.04 Å². The minimum absolute atomic E-state index is 0.00285. The second-order valence-corrected chi connectivity index (χ2v) is 7.11. The van der Waals surface area contributed by atoms with Gasteiger partial charge in [-0.2, -0.15) is 0 Å². The number of carbonyl (C=O) groups excluding carboxylic acids is 2. The number of rotatable bonds is 2. The van der Waals surface area contributed by atoms with Crippen LogP contribution in [0.15, 0.2) is 24.3 Å². The number of benzene rings is 1. The van der Waals surface area contributed by atoms with E-state index in [1.54, 1.807) is 0 Å². The molecule has 2 amide bonds. The molecule has 1 unspecified atom stereocenters. The Balaban J connectivity index is 1.51. The molecule has 0 spiro atoms. The van der Waals surface area contributed by atoms with E-state index in [9.17, 15) is 9.59 Å². The average molecular weight is 344 g/mol. The molecule has 2 aliphatic heterocycles. The van der Waals surface area contributed by atoms with E-state index in [0.717, 1.165) is 19.3 Å². The van der Waals surface area contributed by atoms with Crippen molar-refractivity contribution in [2.45, 2.75) is 51.1 Å². The lowest BCUT2D eigenvalue weighted by Gasteiger charge is -2.30. The lowest BCUT2D eigenvalue weighted by Crippen LogP contribution is -2.51. The summed E-state index contributed by atoms with van der Waals surface area (Å²) < 4.78 is 11.2. The normalized spacial score (nSPS) is 31.9. The van der Waals surface area contributed by atoms with E-state index in [2.05, 4.69) is 17.4 Å². The summed E-state index contributed by atoms with van der Waals surface area (Å²) in [5.41, 5.74) is 2.48. The lowest BCUT2D eigenvalue weighted by molar-refractivity contribution is -0.180. The first-order chi connectivity index (χ1) is 12.1. The van der Waals surface area contributed by atoms with Crippen molar-refractivity contribution in [3.05, 3.63) is 35.4 Å². The van der Waals surface area contributed by atoms with Crippen LogP contribution in [-0.2, 0) is 25.5 Å². The number of hydrogen-bond donors (Lipinski definition) is 1. The highest BCUT2D eigenvalue weighted by Gasteiger charge is 2.45. The van der Waals surface area contributed by atoms with Crippen molar-refractivity contribution in [1.82, 2.24) is 10.2 Å². The van der Waals surface area contributed by atoms with Crippen molar-refractivity contribution in [1.29, 1.82) is 0 Å². The molecule has 2 fully saturated rings. The first kappa shape index (κ1) is 16.5. The second kappa shape index (κ2) is 6.77. The molecule has 2 saturated heterocycles. The number of aryl methyl sites for hydroxylation is 1. The molecule has 2 heterocycles. The standard InChI is InChI=1S/C19H24N2O4/c1-12-9-10-24-19-21(18(12)23)16(11-25-19)17(22)20-15-8-4-6-13-5-2-3-7-14(13)15/h2-3,5,7,12,15-16,19H,4,6,8-11H2,1H3,(H,20,22)/t12-,15+,16?,19-/m0/s1. The Kier molecular flexibility index (Phi) is 4.48. The third kappa shape index (κ3) is 3.04. The SMILES string of the molecule is C[C@H]1CCO[C@H]2OCC(C(=O)N[C@@H]3CCCc4ccccc43)N2C1=O. The number of fused-ring (bicyclic) bond motifs is 2. The smallest absolute Gasteiger partial charge is 0.245 e. The monoisotopic (exact) mass is 344 g/mol. The van der Waals surface area contributed by atoms with Crippen molar-refractivity contribution in [2.24, 2.45) is 5.92 Å². The van der Waals surface area contributed by atoms with Crippen molar-refractivity contribution in [3.8, 4) is 0 Å². The minimum Gasteiger partial charge on any atom is -0.347 e. The van der Waals surface area contributed by atoms with Crippen molar-refractivity contribution >= 4 is 11.8 Å². The van der Waals surface area contributed by atoms with E-state index in [1.807, 2.05) is 19.1 Å². The highest BCUT2D eigenvalue weighted by molar-refractivity contribution is 5.89. The lowest BCUT2D eigenvalue weighted by atomic mass is 9.87. The van der Waals surface area contributed by atoms with E-state index >= 15 is 0 Å². The van der Waals surface area contributed by atoms with Gasteiger partial charge >= 0.3 is 0 Å². The van der Waals surface area contributed by atoms with Crippen LogP contribution in [0, 0.1) is 5.92 Å². The fourth-order valence-electron chi connectivity index (χ4n) is 3.96. The highest BCUT2D eigenvalue weighted by Crippen LogP contribution is 2.31. The Morgan fingerprint density at radius 3 is 2.96 bits per heavy atom. The van der Waals surface area contributed by atoms with Gasteiger partial charge in [-0.05, 0) is 36.8 Å². The molecule has 3 aliphatic rings. The molecule has 4 atom stereocenters. The maximum Gasteiger partial charge on any atom is 0.245 e. The summed E-state index contributed by atoms with van der Waals surface area (Å²) in [5.74, 6) is -0.378. The number of carbonyl (C=O) groups is 2. The summed E-state index contributed by atoms with van der Waals surface area (Å²) >= 11 is 0. The molecule has 0 saturated carbocycles. The van der Waals surface area contributed by atoms with Gasteiger partial charge in [0.05, 0.1) is 19.3 Å². The third-order valence-electron chi connectivity index (χ3n) is 5.44. The van der Waals surface area contributed by atoms with Gasteiger partial charge in [-0.25, -0.2) is 0 Å². The van der Waals surface area contributed by atoms with Crippen LogP contribution >= 0.6 is 0 Å². The van der Waals surface area contributed by atoms with Gasteiger partial charge in [-0.1, -0.05) is 31.2 Å². The summed E-state index contributed by atoms with van der Waals surface area (Å²) in [6.07, 6.45) is 2.94. The minimum atomic E-state index is -0.730. The molecule has 6 nitrogen and oxygen atoms in total. The highest BCUT2D eigenvalue weighted by atomic mass is 16.7. The van der Waals surface area contributed by atoms with E-state index in [1.165, 1.54) is 16.0 Å². The van der Waals surface area contributed by atoms with Gasteiger partial charge in [0.15, 0.2) is 0 Å². The van der Waals surface area contributed by atoms with Gasteiger partial charge in [-0.15, -0.1) is 0 Å². The van der Waals surface area contributed by atoms with Gasteiger partial charge < -0.3 is 14.8 Å². The third-order valence-corrected chi connectivity index (χ3v) is 5.44. The quantitative estimate of drug-likeness (QED) is 0.887. The molecule has 1 aliphatic carbocycles. The summed E-state index contributed by atoms with van der Waals surface area (Å²) in [5, 5.41) is 3.14. The zero-order valence-electron chi connectivity index (χ0n) is 14.4. The number of nitrogens with zero attached hydrogens (tertiary/aromatic N) is 1. The van der Waals surface area contributed by atoms with Gasteiger partial charge in [0, 0.05) is 5.92 Å². The van der Waals surface area contributed by atoms with E-state index < -0.39 is 12.5 Å². The van der Waals surface area contributed by atoms with Crippen LogP contribution in [0.5, 0.6) is 0 Å². The van der Waals surface area contributed by atoms with E-state index in [0.29, 0.717) is 13.0 Å². The molecule has 25 heavy (non-hydrogen) atoms. The van der Waals surface area contributed by atoms with Crippen LogP contribution in [0.2, 0.25) is 0 Å². The first-order valence-corrected chi connectivity index (χ1v) is 9.08. The summed E-state index contributed by atoms with van der Waals surface area (Å²) in [4.78, 5) is 27.0. The van der Waals surface area contributed by atoms with Crippen molar-refractivity contribution in [3.63, 3.8) is 0 Å². The maximum absolute atomic E-state index is 12.9. The maximum atomic E-state index is 12.9. The molecule has 6 heteroatoms. The fraction of sp³-hybridized carbons (Fsp3) is 0.579. The molecule has 4 rings (SSSR count). The first-order valence-electron chi connectivity index (χ1n) is 9.08. The van der Waals surface area contributed by atoms with Crippen LogP contribution in [0.1, 0.15) is 43.4 Å². The van der Waals surface area contributed by atoms with E-state index in [-0.39, 0.29) is 30.4 Å². The number of amides is 2. The Bertz CT molecular complexity index is 677. The topological polar surface area (TPSA) is 67.9 Å². The molecule has 0 aromatic heterocycles. The second-order valence-electron chi connectivity index (χ2n) is 7.11. The summed E-state index contributed by atoms with van der Waals surface area (Å²) in [7, 11) is 0. The van der Waals surface area contributed by atoms with Crippen LogP contribution in [0.3, 0.4) is 0 Å². The fourth-order valence-corrected chi connectivity index (χ4v) is 3.96. The van der Waals surface area contributed by atoms with E-state index in [4.69, 9.17) is 9.47 Å². The molecule has 0 radical (unpaired) electrons. The molecule has 1 aromatic carbocycles. The van der Waals surface area contributed by atoms with Crippen LogP contribution in [0.4, 0.5) is 0 Å². The Hall–Kier alpha value is -1.92. The Labute approximate surface area is 147 Å². The van der Waals surface area contributed by atoms with Crippen molar-refractivity contribution in [2.75, 3.05) is 13.2 Å². The molecular formula is C19H24N2O4.